The molecule has 3 rings (SSSR count). The van der Waals surface area contributed by atoms with E-state index in [4.69, 9.17) is 25.5 Å². The first-order chi connectivity index (χ1) is 13.1. The Morgan fingerprint density at radius 1 is 1.04 bits per heavy atom. The van der Waals surface area contributed by atoms with Crippen LogP contribution < -0.4 is 14.9 Å². The van der Waals surface area contributed by atoms with Gasteiger partial charge in [0.1, 0.15) is 17.3 Å². The standard InChI is InChI=1S/C20H17ClN2O4/c1-25-16-9-13(10-17(11-16)26-2)12-22-23-20(24)19-8-7-18(27-19)14-3-5-15(21)6-4-14/h3-12H,1-2H3,(H,23,24)/b22-12+. The molecule has 2 aromatic carbocycles. The van der Waals surface area contributed by atoms with Gasteiger partial charge in [-0.1, -0.05) is 11.6 Å². The topological polar surface area (TPSA) is 73.1 Å². The van der Waals surface area contributed by atoms with Gasteiger partial charge in [0, 0.05) is 22.2 Å². The van der Waals surface area contributed by atoms with Crippen molar-refractivity contribution in [1.29, 1.82) is 0 Å². The van der Waals surface area contributed by atoms with Crippen LogP contribution in [0.2, 0.25) is 5.02 Å². The van der Waals surface area contributed by atoms with Crippen molar-refractivity contribution in [2.45, 2.75) is 0 Å². The fraction of sp³-hybridized carbons (Fsp3) is 0.100. The molecule has 0 fully saturated rings. The fourth-order valence-corrected chi connectivity index (χ4v) is 2.48. The van der Waals surface area contributed by atoms with Gasteiger partial charge in [-0.15, -0.1) is 0 Å². The Kier molecular flexibility index (Phi) is 5.78. The van der Waals surface area contributed by atoms with E-state index in [1.54, 1.807) is 56.7 Å². The predicted octanol–water partition coefficient (Wildman–Crippen LogP) is 4.38. The average Bonchev–Trinajstić information content (AvgIpc) is 3.18. The van der Waals surface area contributed by atoms with E-state index < -0.39 is 5.91 Å². The SMILES string of the molecule is COc1cc(/C=N/NC(=O)c2ccc(-c3ccc(Cl)cc3)o2)cc(OC)c1. The van der Waals surface area contributed by atoms with Crippen molar-refractivity contribution >= 4 is 23.7 Å². The van der Waals surface area contributed by atoms with Crippen LogP contribution in [0.1, 0.15) is 16.1 Å². The molecule has 1 N–H and O–H groups in total. The second-order valence-electron chi connectivity index (χ2n) is 5.52. The van der Waals surface area contributed by atoms with Crippen molar-refractivity contribution in [3.63, 3.8) is 0 Å². The van der Waals surface area contributed by atoms with Crippen LogP contribution in [0, 0.1) is 0 Å². The first kappa shape index (κ1) is 18.5. The lowest BCUT2D eigenvalue weighted by Gasteiger charge is -2.05. The summed E-state index contributed by atoms with van der Waals surface area (Å²) in [5.74, 6) is 1.52. The molecule has 7 heteroatoms. The van der Waals surface area contributed by atoms with Crippen molar-refractivity contribution in [3.8, 4) is 22.8 Å². The van der Waals surface area contributed by atoms with Crippen molar-refractivity contribution in [3.05, 3.63) is 70.9 Å². The minimum atomic E-state index is -0.457. The summed E-state index contributed by atoms with van der Waals surface area (Å²) in [6.45, 7) is 0. The zero-order chi connectivity index (χ0) is 19.2. The molecule has 0 aliphatic carbocycles. The summed E-state index contributed by atoms with van der Waals surface area (Å²) >= 11 is 5.87. The zero-order valence-electron chi connectivity index (χ0n) is 14.7. The van der Waals surface area contributed by atoms with Gasteiger partial charge in [0.2, 0.25) is 0 Å². The van der Waals surface area contributed by atoms with Crippen LogP contribution in [0.3, 0.4) is 0 Å². The molecule has 0 aliphatic rings. The number of furan rings is 1. The number of rotatable bonds is 6. The Hall–Kier alpha value is -3.25. The van der Waals surface area contributed by atoms with Gasteiger partial charge in [0.25, 0.3) is 0 Å². The summed E-state index contributed by atoms with van der Waals surface area (Å²) in [6.07, 6.45) is 1.49. The number of hydrogen-bond acceptors (Lipinski definition) is 5. The zero-order valence-corrected chi connectivity index (χ0v) is 15.5. The Morgan fingerprint density at radius 3 is 2.33 bits per heavy atom. The molecule has 0 spiro atoms. The molecule has 1 amide bonds. The van der Waals surface area contributed by atoms with Crippen molar-refractivity contribution in [1.82, 2.24) is 5.43 Å². The van der Waals surface area contributed by atoms with Gasteiger partial charge in [0.15, 0.2) is 5.76 Å². The number of ether oxygens (including phenoxy) is 2. The van der Waals surface area contributed by atoms with E-state index in [0.717, 1.165) is 5.56 Å². The van der Waals surface area contributed by atoms with Gasteiger partial charge >= 0.3 is 5.91 Å². The van der Waals surface area contributed by atoms with Crippen LogP contribution in [0.5, 0.6) is 11.5 Å². The van der Waals surface area contributed by atoms with Crippen LogP contribution in [0.15, 0.2) is 64.1 Å². The van der Waals surface area contributed by atoms with E-state index in [9.17, 15) is 4.79 Å². The third-order valence-corrected chi connectivity index (χ3v) is 3.96. The molecule has 0 aliphatic heterocycles. The van der Waals surface area contributed by atoms with E-state index in [1.165, 1.54) is 6.21 Å². The first-order valence-electron chi connectivity index (χ1n) is 8.01. The van der Waals surface area contributed by atoms with Crippen molar-refractivity contribution in [2.24, 2.45) is 5.10 Å². The van der Waals surface area contributed by atoms with E-state index in [2.05, 4.69) is 10.5 Å². The van der Waals surface area contributed by atoms with E-state index in [0.29, 0.717) is 27.8 Å². The smallest absolute Gasteiger partial charge is 0.307 e. The minimum Gasteiger partial charge on any atom is -0.497 e. The maximum atomic E-state index is 12.2. The first-order valence-corrected chi connectivity index (χ1v) is 8.39. The highest BCUT2D eigenvalue weighted by atomic mass is 35.5. The maximum absolute atomic E-state index is 12.2. The molecule has 6 nitrogen and oxygen atoms in total. The number of benzene rings is 2. The van der Waals surface area contributed by atoms with E-state index in [-0.39, 0.29) is 5.76 Å². The summed E-state index contributed by atoms with van der Waals surface area (Å²) < 4.78 is 16.0. The summed E-state index contributed by atoms with van der Waals surface area (Å²) in [7, 11) is 3.12. The minimum absolute atomic E-state index is 0.153. The summed E-state index contributed by atoms with van der Waals surface area (Å²) in [5, 5.41) is 4.58. The lowest BCUT2D eigenvalue weighted by molar-refractivity contribution is 0.0928. The number of hydrazone groups is 1. The van der Waals surface area contributed by atoms with Crippen LogP contribution in [0.4, 0.5) is 0 Å². The highest BCUT2D eigenvalue weighted by molar-refractivity contribution is 6.30. The molecule has 27 heavy (non-hydrogen) atoms. The molecular formula is C20H17ClN2O4. The average molecular weight is 385 g/mol. The number of carbonyl (C=O) groups excluding carboxylic acids is 1. The van der Waals surface area contributed by atoms with Gasteiger partial charge in [-0.25, -0.2) is 5.43 Å². The lowest BCUT2D eigenvalue weighted by Crippen LogP contribution is -2.16. The Labute approximate surface area is 161 Å². The van der Waals surface area contributed by atoms with Gasteiger partial charge in [-0.3, -0.25) is 4.79 Å². The second-order valence-corrected chi connectivity index (χ2v) is 5.95. The number of nitrogens with one attached hydrogen (secondary N) is 1. The molecule has 0 radical (unpaired) electrons. The van der Waals surface area contributed by atoms with Crippen molar-refractivity contribution < 1.29 is 18.7 Å². The Bertz CT molecular complexity index is 942. The number of carbonyl (C=O) groups is 1. The number of hydrogen-bond donors (Lipinski definition) is 1. The summed E-state index contributed by atoms with van der Waals surface area (Å²) in [5.41, 5.74) is 3.97. The maximum Gasteiger partial charge on any atom is 0.307 e. The molecule has 0 atom stereocenters. The summed E-state index contributed by atoms with van der Waals surface area (Å²) in [6, 6.07) is 15.7. The van der Waals surface area contributed by atoms with Crippen LogP contribution in [-0.2, 0) is 0 Å². The third-order valence-electron chi connectivity index (χ3n) is 3.71. The Balaban J connectivity index is 1.68. The van der Waals surface area contributed by atoms with Gasteiger partial charge in [-0.05, 0) is 48.5 Å². The molecule has 3 aromatic rings. The largest absolute Gasteiger partial charge is 0.497 e. The van der Waals surface area contributed by atoms with E-state index >= 15 is 0 Å². The Morgan fingerprint density at radius 2 is 1.70 bits per heavy atom. The molecule has 0 saturated heterocycles. The molecule has 0 bridgehead atoms. The van der Waals surface area contributed by atoms with Crippen LogP contribution >= 0.6 is 11.6 Å². The van der Waals surface area contributed by atoms with Crippen LogP contribution in [-0.4, -0.2) is 26.3 Å². The normalized spacial score (nSPS) is 10.8. The number of halogens is 1. The molecule has 138 valence electrons. The monoisotopic (exact) mass is 384 g/mol. The second kappa shape index (κ2) is 8.42. The number of methoxy groups -OCH3 is 2. The fourth-order valence-electron chi connectivity index (χ4n) is 2.35. The van der Waals surface area contributed by atoms with Crippen LogP contribution in [0.25, 0.3) is 11.3 Å². The highest BCUT2D eigenvalue weighted by Crippen LogP contribution is 2.24. The number of nitrogens with zero attached hydrogens (tertiary/aromatic N) is 1. The predicted molar refractivity (Wildman–Crippen MR) is 104 cm³/mol. The number of amides is 1. The molecule has 0 unspecified atom stereocenters. The van der Waals surface area contributed by atoms with Gasteiger partial charge < -0.3 is 13.9 Å². The van der Waals surface area contributed by atoms with Gasteiger partial charge in [-0.2, -0.15) is 5.10 Å². The molecule has 0 saturated carbocycles. The summed E-state index contributed by atoms with van der Waals surface area (Å²) in [4.78, 5) is 12.2. The van der Waals surface area contributed by atoms with Crippen molar-refractivity contribution in [2.75, 3.05) is 14.2 Å². The third kappa shape index (κ3) is 4.68. The quantitative estimate of drug-likeness (QED) is 0.505. The molecule has 1 aromatic heterocycles. The van der Waals surface area contributed by atoms with Gasteiger partial charge in [0.05, 0.1) is 20.4 Å². The highest BCUT2D eigenvalue weighted by Gasteiger charge is 2.11. The van der Waals surface area contributed by atoms with E-state index in [1.807, 2.05) is 12.1 Å². The lowest BCUT2D eigenvalue weighted by atomic mass is 10.2. The molecule has 1 heterocycles. The molecular weight excluding hydrogens is 368 g/mol.